The molecular weight excluding hydrogens is 359 g/mol. The number of ether oxygens (including phenoxy) is 1. The van der Waals surface area contributed by atoms with Crippen LogP contribution in [-0.2, 0) is 13.0 Å². The summed E-state index contributed by atoms with van der Waals surface area (Å²) in [5, 5.41) is 11.4. The molecule has 0 aliphatic carbocycles. The lowest BCUT2D eigenvalue weighted by atomic mass is 10.1. The number of carbonyl (C=O) groups excluding carboxylic acids is 1. The maximum absolute atomic E-state index is 14.2. The number of rotatable bonds is 4. The van der Waals surface area contributed by atoms with Crippen LogP contribution in [-0.4, -0.2) is 27.8 Å². The molecule has 28 heavy (non-hydrogen) atoms. The number of nitrogens with one attached hydrogen (secondary N) is 1. The van der Waals surface area contributed by atoms with E-state index in [1.165, 1.54) is 25.7 Å². The van der Waals surface area contributed by atoms with Gasteiger partial charge in [0.15, 0.2) is 5.82 Å². The van der Waals surface area contributed by atoms with Gasteiger partial charge in [-0.05, 0) is 37.1 Å². The number of hydrogen-bond donors (Lipinski definition) is 1. The van der Waals surface area contributed by atoms with Crippen LogP contribution in [0.3, 0.4) is 0 Å². The molecule has 1 aromatic heterocycles. The second-order valence-corrected chi connectivity index (χ2v) is 6.78. The number of amides is 1. The molecule has 1 aliphatic rings. The zero-order chi connectivity index (χ0) is 19.5. The maximum atomic E-state index is 14.2. The summed E-state index contributed by atoms with van der Waals surface area (Å²) >= 11 is 0. The number of hydrogen-bond acceptors (Lipinski definition) is 4. The van der Waals surface area contributed by atoms with Crippen molar-refractivity contribution >= 4 is 11.6 Å². The number of nitrogens with zero attached hydrogens (tertiary/aromatic N) is 3. The van der Waals surface area contributed by atoms with Gasteiger partial charge in [0.2, 0.25) is 0 Å². The molecular formula is C21H21FN4O2. The van der Waals surface area contributed by atoms with Crippen LogP contribution in [0.15, 0.2) is 42.5 Å². The number of benzene rings is 2. The van der Waals surface area contributed by atoms with Crippen molar-refractivity contribution in [1.29, 1.82) is 0 Å². The Kier molecular flexibility index (Phi) is 5.06. The van der Waals surface area contributed by atoms with Crippen LogP contribution < -0.4 is 10.1 Å². The van der Waals surface area contributed by atoms with E-state index in [-0.39, 0.29) is 5.56 Å². The van der Waals surface area contributed by atoms with Crippen LogP contribution in [0.25, 0.3) is 11.4 Å². The molecule has 0 unspecified atom stereocenters. The minimum Gasteiger partial charge on any atom is -0.497 e. The summed E-state index contributed by atoms with van der Waals surface area (Å²) < 4.78 is 21.3. The molecule has 1 N–H and O–H groups in total. The molecule has 4 rings (SSSR count). The molecule has 0 bridgehead atoms. The Morgan fingerprint density at radius 3 is 2.86 bits per heavy atom. The molecule has 1 aliphatic heterocycles. The second kappa shape index (κ2) is 7.80. The van der Waals surface area contributed by atoms with Crippen LogP contribution in [0.2, 0.25) is 0 Å². The average Bonchev–Trinajstić information content (AvgIpc) is 2.96. The summed E-state index contributed by atoms with van der Waals surface area (Å²) in [6.07, 6.45) is 4.35. The Labute approximate surface area is 162 Å². The van der Waals surface area contributed by atoms with Crippen LogP contribution in [0.4, 0.5) is 10.1 Å². The Morgan fingerprint density at radius 2 is 2.04 bits per heavy atom. The monoisotopic (exact) mass is 380 g/mol. The van der Waals surface area contributed by atoms with Crippen molar-refractivity contribution in [2.75, 3.05) is 12.4 Å². The highest BCUT2D eigenvalue weighted by Crippen LogP contribution is 2.25. The highest BCUT2D eigenvalue weighted by molar-refractivity contribution is 6.04. The molecule has 2 aromatic carbocycles. The molecule has 3 aromatic rings. The van der Waals surface area contributed by atoms with Gasteiger partial charge in [0, 0.05) is 30.3 Å². The first-order chi connectivity index (χ1) is 13.7. The smallest absolute Gasteiger partial charge is 0.258 e. The van der Waals surface area contributed by atoms with Gasteiger partial charge < -0.3 is 14.6 Å². The van der Waals surface area contributed by atoms with Crippen LogP contribution in [0.1, 0.15) is 35.4 Å². The minimum atomic E-state index is -0.629. The van der Waals surface area contributed by atoms with Crippen LogP contribution >= 0.6 is 0 Å². The van der Waals surface area contributed by atoms with Gasteiger partial charge in [0.05, 0.1) is 12.7 Å². The summed E-state index contributed by atoms with van der Waals surface area (Å²) in [7, 11) is 1.45. The van der Waals surface area contributed by atoms with E-state index in [0.717, 1.165) is 43.0 Å². The van der Waals surface area contributed by atoms with E-state index >= 15 is 0 Å². The summed E-state index contributed by atoms with van der Waals surface area (Å²) in [5.41, 5.74) is 1.40. The Morgan fingerprint density at radius 1 is 1.14 bits per heavy atom. The number of anilines is 1. The van der Waals surface area contributed by atoms with Crippen molar-refractivity contribution in [1.82, 2.24) is 14.8 Å². The first-order valence-corrected chi connectivity index (χ1v) is 9.33. The standard InChI is InChI=1S/C21H21FN4O2/c1-28-16-9-10-17(18(22)13-16)21(27)23-15-7-5-6-14(12-15)20-25-24-19-8-3-2-4-11-26(19)20/h5-7,9-10,12-13H,2-4,8,11H2,1H3,(H,23,27). The van der Waals surface area contributed by atoms with E-state index in [2.05, 4.69) is 20.1 Å². The van der Waals surface area contributed by atoms with Gasteiger partial charge in [-0.3, -0.25) is 4.79 Å². The molecule has 0 atom stereocenters. The highest BCUT2D eigenvalue weighted by Gasteiger charge is 2.17. The fourth-order valence-electron chi connectivity index (χ4n) is 3.44. The zero-order valence-electron chi connectivity index (χ0n) is 15.6. The summed E-state index contributed by atoms with van der Waals surface area (Å²) in [6, 6.07) is 11.5. The van der Waals surface area contributed by atoms with Crippen molar-refractivity contribution < 1.29 is 13.9 Å². The highest BCUT2D eigenvalue weighted by atomic mass is 19.1. The Balaban J connectivity index is 1.58. The molecule has 0 saturated heterocycles. The van der Waals surface area contributed by atoms with Gasteiger partial charge in [-0.2, -0.15) is 0 Å². The normalized spacial score (nSPS) is 13.5. The van der Waals surface area contributed by atoms with Gasteiger partial charge in [-0.1, -0.05) is 18.6 Å². The van der Waals surface area contributed by atoms with Gasteiger partial charge in [0.1, 0.15) is 17.4 Å². The van der Waals surface area contributed by atoms with E-state index in [9.17, 15) is 9.18 Å². The van der Waals surface area contributed by atoms with Crippen molar-refractivity contribution in [3.8, 4) is 17.1 Å². The van der Waals surface area contributed by atoms with Crippen molar-refractivity contribution in [2.45, 2.75) is 32.2 Å². The van der Waals surface area contributed by atoms with Crippen molar-refractivity contribution in [3.05, 3.63) is 59.7 Å². The average molecular weight is 380 g/mol. The predicted molar refractivity (Wildman–Crippen MR) is 104 cm³/mol. The lowest BCUT2D eigenvalue weighted by Crippen LogP contribution is -2.14. The Hall–Kier alpha value is -3.22. The largest absolute Gasteiger partial charge is 0.497 e. The van der Waals surface area contributed by atoms with Gasteiger partial charge in [0.25, 0.3) is 5.91 Å². The van der Waals surface area contributed by atoms with Gasteiger partial charge in [-0.15, -0.1) is 10.2 Å². The molecule has 0 radical (unpaired) electrons. The number of methoxy groups -OCH3 is 1. The number of fused-ring (bicyclic) bond motifs is 1. The third-order valence-corrected chi connectivity index (χ3v) is 4.91. The molecule has 7 heteroatoms. The number of carbonyl (C=O) groups is 1. The lowest BCUT2D eigenvalue weighted by Gasteiger charge is -2.10. The molecule has 144 valence electrons. The molecule has 0 saturated carbocycles. The molecule has 6 nitrogen and oxygen atoms in total. The second-order valence-electron chi connectivity index (χ2n) is 6.78. The summed E-state index contributed by atoms with van der Waals surface area (Å²) in [5.74, 6) is 1.02. The first-order valence-electron chi connectivity index (χ1n) is 9.33. The SMILES string of the molecule is COc1ccc(C(=O)Nc2cccc(-c3nnc4n3CCCCC4)c2)c(F)c1. The fourth-order valence-corrected chi connectivity index (χ4v) is 3.44. The van der Waals surface area contributed by atoms with Gasteiger partial charge in [-0.25, -0.2) is 4.39 Å². The predicted octanol–water partition coefficient (Wildman–Crippen LogP) is 4.07. The molecule has 2 heterocycles. The summed E-state index contributed by atoms with van der Waals surface area (Å²) in [6.45, 7) is 0.894. The van der Waals surface area contributed by atoms with Crippen LogP contribution in [0, 0.1) is 5.82 Å². The summed E-state index contributed by atoms with van der Waals surface area (Å²) in [4.78, 5) is 12.5. The minimum absolute atomic E-state index is 0.0393. The number of aryl methyl sites for hydroxylation is 1. The van der Waals surface area contributed by atoms with Crippen molar-refractivity contribution in [3.63, 3.8) is 0 Å². The topological polar surface area (TPSA) is 69.0 Å². The lowest BCUT2D eigenvalue weighted by molar-refractivity contribution is 0.102. The van der Waals surface area contributed by atoms with E-state index in [4.69, 9.17) is 4.74 Å². The van der Waals surface area contributed by atoms with E-state index in [1.54, 1.807) is 12.1 Å². The Bertz CT molecular complexity index is 1020. The number of aromatic nitrogens is 3. The van der Waals surface area contributed by atoms with Crippen molar-refractivity contribution in [2.24, 2.45) is 0 Å². The third-order valence-electron chi connectivity index (χ3n) is 4.91. The molecule has 0 fully saturated rings. The molecule has 1 amide bonds. The maximum Gasteiger partial charge on any atom is 0.258 e. The van der Waals surface area contributed by atoms with E-state index < -0.39 is 11.7 Å². The van der Waals surface area contributed by atoms with Gasteiger partial charge >= 0.3 is 0 Å². The zero-order valence-corrected chi connectivity index (χ0v) is 15.6. The fraction of sp³-hybridized carbons (Fsp3) is 0.286. The molecule has 0 spiro atoms. The quantitative estimate of drug-likeness (QED) is 0.741. The first kappa shape index (κ1) is 18.2. The van der Waals surface area contributed by atoms with E-state index in [1.807, 2.05) is 18.2 Å². The van der Waals surface area contributed by atoms with E-state index in [0.29, 0.717) is 11.4 Å². The van der Waals surface area contributed by atoms with Crippen LogP contribution in [0.5, 0.6) is 5.75 Å². The number of halogens is 1. The third kappa shape index (κ3) is 3.60.